The van der Waals surface area contributed by atoms with Crippen LogP contribution in [0.5, 0.6) is 0 Å². The van der Waals surface area contributed by atoms with E-state index < -0.39 is 10.8 Å². The Balaban J connectivity index is 1.41. The van der Waals surface area contributed by atoms with Gasteiger partial charge in [-0.3, -0.25) is 14.9 Å². The maximum absolute atomic E-state index is 12.7. The maximum Gasteiger partial charge on any atom is 0.291 e. The highest BCUT2D eigenvalue weighted by atomic mass is 35.5. The number of rotatable bonds is 5. The number of nitro groups is 1. The molecular weight excluding hydrogens is 446 g/mol. The van der Waals surface area contributed by atoms with E-state index in [2.05, 4.69) is 10.3 Å². The molecule has 0 radical (unpaired) electrons. The molecule has 0 saturated carbocycles. The van der Waals surface area contributed by atoms with Gasteiger partial charge in [-0.15, -0.1) is 0 Å². The van der Waals surface area contributed by atoms with Gasteiger partial charge in [0.05, 0.1) is 21.1 Å². The van der Waals surface area contributed by atoms with Crippen molar-refractivity contribution in [2.75, 3.05) is 5.32 Å². The molecule has 9 heteroatoms. The molecule has 2 heterocycles. The predicted molar refractivity (Wildman–Crippen MR) is 123 cm³/mol. The molecule has 33 heavy (non-hydrogen) atoms. The number of nitro benzene ring substituents is 1. The quantitative estimate of drug-likeness (QED) is 0.235. The standard InChI is InChI=1S/C24H14ClN3O5/c25-17-10-9-14(13-16(17)24-27-18-6-2-4-8-21(18)33-24)26-23(29)22-12-11-20(32-22)15-5-1-3-7-19(15)28(30)31/h1-13H,(H,26,29). The van der Waals surface area contributed by atoms with Gasteiger partial charge in [-0.2, -0.15) is 0 Å². The van der Waals surface area contributed by atoms with Gasteiger partial charge in [0, 0.05) is 11.8 Å². The number of hydrogen-bond acceptors (Lipinski definition) is 6. The van der Waals surface area contributed by atoms with Gasteiger partial charge >= 0.3 is 0 Å². The Morgan fingerprint density at radius 2 is 1.73 bits per heavy atom. The monoisotopic (exact) mass is 459 g/mol. The van der Waals surface area contributed by atoms with Crippen LogP contribution in [0.3, 0.4) is 0 Å². The molecule has 0 aliphatic rings. The van der Waals surface area contributed by atoms with Crippen LogP contribution in [0.1, 0.15) is 10.6 Å². The summed E-state index contributed by atoms with van der Waals surface area (Å²) in [5, 5.41) is 14.4. The van der Waals surface area contributed by atoms with Gasteiger partial charge in [0.25, 0.3) is 11.6 Å². The summed E-state index contributed by atoms with van der Waals surface area (Å²) in [7, 11) is 0. The SMILES string of the molecule is O=C(Nc1ccc(Cl)c(-c2nc3ccccc3o2)c1)c1ccc(-c2ccccc2[N+](=O)[O-])o1. The number of nitrogens with zero attached hydrogens (tertiary/aromatic N) is 2. The van der Waals surface area contributed by atoms with Crippen molar-refractivity contribution in [1.29, 1.82) is 0 Å². The number of carbonyl (C=O) groups is 1. The first-order valence-electron chi connectivity index (χ1n) is 9.80. The molecule has 3 aromatic carbocycles. The van der Waals surface area contributed by atoms with Crippen molar-refractivity contribution in [2.45, 2.75) is 0 Å². The number of para-hydroxylation sites is 3. The number of fused-ring (bicyclic) bond motifs is 1. The zero-order valence-corrected chi connectivity index (χ0v) is 17.6. The second-order valence-electron chi connectivity index (χ2n) is 7.07. The molecule has 0 bridgehead atoms. The number of aromatic nitrogens is 1. The lowest BCUT2D eigenvalue weighted by atomic mass is 10.1. The summed E-state index contributed by atoms with van der Waals surface area (Å²) in [5.74, 6) is 0.0249. The first-order valence-corrected chi connectivity index (χ1v) is 10.2. The molecule has 0 spiro atoms. The van der Waals surface area contributed by atoms with Crippen molar-refractivity contribution in [3.63, 3.8) is 0 Å². The van der Waals surface area contributed by atoms with Gasteiger partial charge in [0.2, 0.25) is 5.89 Å². The van der Waals surface area contributed by atoms with Gasteiger partial charge < -0.3 is 14.2 Å². The molecule has 1 N–H and O–H groups in total. The Hall–Kier alpha value is -4.43. The number of carbonyl (C=O) groups excluding carboxylic acids is 1. The van der Waals surface area contributed by atoms with E-state index in [1.165, 1.54) is 18.2 Å². The summed E-state index contributed by atoms with van der Waals surface area (Å²) < 4.78 is 11.4. The summed E-state index contributed by atoms with van der Waals surface area (Å²) in [6, 6.07) is 21.4. The number of benzene rings is 3. The van der Waals surface area contributed by atoms with Gasteiger partial charge in [-0.05, 0) is 48.5 Å². The minimum atomic E-state index is -0.523. The lowest BCUT2D eigenvalue weighted by Crippen LogP contribution is -2.10. The largest absolute Gasteiger partial charge is 0.451 e. The third-order valence-corrected chi connectivity index (χ3v) is 5.27. The Bertz CT molecular complexity index is 1490. The number of oxazole rings is 1. The smallest absolute Gasteiger partial charge is 0.291 e. The Morgan fingerprint density at radius 1 is 0.939 bits per heavy atom. The summed E-state index contributed by atoms with van der Waals surface area (Å²) in [5.41, 5.74) is 2.45. The number of nitrogens with one attached hydrogen (secondary N) is 1. The highest BCUT2D eigenvalue weighted by molar-refractivity contribution is 6.33. The molecule has 0 unspecified atom stereocenters. The summed E-state index contributed by atoms with van der Waals surface area (Å²) in [4.78, 5) is 28.0. The highest BCUT2D eigenvalue weighted by Crippen LogP contribution is 2.33. The van der Waals surface area contributed by atoms with Crippen LogP contribution in [0.25, 0.3) is 33.9 Å². The summed E-state index contributed by atoms with van der Waals surface area (Å²) in [6.07, 6.45) is 0. The predicted octanol–water partition coefficient (Wildman–Crippen LogP) is 6.57. The first-order chi connectivity index (χ1) is 16.0. The van der Waals surface area contributed by atoms with E-state index >= 15 is 0 Å². The lowest BCUT2D eigenvalue weighted by Gasteiger charge is -2.06. The fraction of sp³-hybridized carbons (Fsp3) is 0. The van der Waals surface area contributed by atoms with Crippen molar-refractivity contribution in [3.05, 3.63) is 99.8 Å². The van der Waals surface area contributed by atoms with Crippen LogP contribution >= 0.6 is 11.6 Å². The van der Waals surface area contributed by atoms with Gasteiger partial charge in [-0.25, -0.2) is 4.98 Å². The minimum absolute atomic E-state index is 0.00140. The van der Waals surface area contributed by atoms with Crippen LogP contribution in [0.4, 0.5) is 11.4 Å². The molecule has 162 valence electrons. The Morgan fingerprint density at radius 3 is 2.55 bits per heavy atom. The number of amides is 1. The lowest BCUT2D eigenvalue weighted by molar-refractivity contribution is -0.384. The molecule has 8 nitrogen and oxygen atoms in total. The fourth-order valence-corrected chi connectivity index (χ4v) is 3.59. The molecule has 0 aliphatic heterocycles. The summed E-state index contributed by atoms with van der Waals surface area (Å²) in [6.45, 7) is 0. The second kappa shape index (κ2) is 8.25. The third kappa shape index (κ3) is 3.95. The number of furan rings is 1. The average Bonchev–Trinajstić information content (AvgIpc) is 3.48. The zero-order chi connectivity index (χ0) is 22.9. The van der Waals surface area contributed by atoms with Crippen LogP contribution in [0, 0.1) is 10.1 Å². The number of halogens is 1. The van der Waals surface area contributed by atoms with E-state index in [1.54, 1.807) is 42.5 Å². The van der Waals surface area contributed by atoms with Gasteiger partial charge in [0.15, 0.2) is 11.3 Å². The van der Waals surface area contributed by atoms with Crippen molar-refractivity contribution in [2.24, 2.45) is 0 Å². The van der Waals surface area contributed by atoms with E-state index in [0.29, 0.717) is 33.3 Å². The van der Waals surface area contributed by atoms with Crippen LogP contribution in [0.15, 0.2) is 87.7 Å². The van der Waals surface area contributed by atoms with Crippen LogP contribution in [0.2, 0.25) is 5.02 Å². The average molecular weight is 460 g/mol. The molecule has 5 rings (SSSR count). The highest BCUT2D eigenvalue weighted by Gasteiger charge is 2.20. The second-order valence-corrected chi connectivity index (χ2v) is 7.48. The number of hydrogen-bond donors (Lipinski definition) is 1. The molecule has 0 fully saturated rings. The topological polar surface area (TPSA) is 111 Å². The van der Waals surface area contributed by atoms with Crippen molar-refractivity contribution < 1.29 is 18.6 Å². The molecule has 0 aliphatic carbocycles. The van der Waals surface area contributed by atoms with E-state index in [0.717, 1.165) is 0 Å². The molecule has 1 amide bonds. The van der Waals surface area contributed by atoms with E-state index in [-0.39, 0.29) is 22.8 Å². The number of anilines is 1. The zero-order valence-electron chi connectivity index (χ0n) is 16.8. The van der Waals surface area contributed by atoms with E-state index in [4.69, 9.17) is 20.4 Å². The molecular formula is C24H14ClN3O5. The molecule has 2 aromatic heterocycles. The van der Waals surface area contributed by atoms with Gasteiger partial charge in [-0.1, -0.05) is 35.9 Å². The van der Waals surface area contributed by atoms with Crippen molar-refractivity contribution in [1.82, 2.24) is 4.98 Å². The van der Waals surface area contributed by atoms with E-state index in [1.807, 2.05) is 18.2 Å². The Labute approximate surface area is 191 Å². The van der Waals surface area contributed by atoms with Crippen molar-refractivity contribution in [3.8, 4) is 22.8 Å². The fourth-order valence-electron chi connectivity index (χ4n) is 3.39. The third-order valence-electron chi connectivity index (χ3n) is 4.94. The normalized spacial score (nSPS) is 10.9. The summed E-state index contributed by atoms with van der Waals surface area (Å²) >= 11 is 6.34. The van der Waals surface area contributed by atoms with Crippen LogP contribution < -0.4 is 5.32 Å². The van der Waals surface area contributed by atoms with Crippen LogP contribution in [-0.2, 0) is 0 Å². The van der Waals surface area contributed by atoms with Crippen LogP contribution in [-0.4, -0.2) is 15.8 Å². The minimum Gasteiger partial charge on any atom is -0.451 e. The molecule has 5 aromatic rings. The Kier molecular flexibility index (Phi) is 5.12. The molecule has 0 atom stereocenters. The van der Waals surface area contributed by atoms with Gasteiger partial charge in [0.1, 0.15) is 11.3 Å². The van der Waals surface area contributed by atoms with Crippen molar-refractivity contribution >= 4 is 40.0 Å². The first kappa shape index (κ1) is 20.5. The molecule has 0 saturated heterocycles. The van der Waals surface area contributed by atoms with E-state index in [9.17, 15) is 14.9 Å². The maximum atomic E-state index is 12.7.